The lowest BCUT2D eigenvalue weighted by atomic mass is 10.2. The number of thiazole rings is 1. The zero-order valence-electron chi connectivity index (χ0n) is 16.4. The first kappa shape index (κ1) is 18.7. The Labute approximate surface area is 177 Å². The van der Waals surface area contributed by atoms with Crippen LogP contribution in [0.1, 0.15) is 22.5 Å². The zero-order valence-corrected chi connectivity index (χ0v) is 17.2. The van der Waals surface area contributed by atoms with Crippen LogP contribution >= 0.6 is 11.3 Å². The number of aryl methyl sites for hydroxylation is 1. The maximum atomic E-state index is 13.1. The van der Waals surface area contributed by atoms with Crippen LogP contribution in [0.3, 0.4) is 0 Å². The minimum Gasteiger partial charge on any atom is -0.353 e. The van der Waals surface area contributed by atoms with Gasteiger partial charge in [0.05, 0.1) is 5.52 Å². The second-order valence-corrected chi connectivity index (χ2v) is 8.31. The molecular formula is C22H20FN5OS. The first-order valence-corrected chi connectivity index (χ1v) is 10.7. The molecule has 4 heterocycles. The van der Waals surface area contributed by atoms with Gasteiger partial charge in [0.2, 0.25) is 0 Å². The molecule has 5 rings (SSSR count). The van der Waals surface area contributed by atoms with Gasteiger partial charge in [-0.1, -0.05) is 0 Å². The van der Waals surface area contributed by atoms with Gasteiger partial charge >= 0.3 is 0 Å². The van der Waals surface area contributed by atoms with Crippen LogP contribution in [-0.2, 0) is 0 Å². The lowest BCUT2D eigenvalue weighted by Crippen LogP contribution is -2.37. The first-order chi connectivity index (χ1) is 14.6. The number of halogens is 1. The van der Waals surface area contributed by atoms with Crippen molar-refractivity contribution in [1.29, 1.82) is 0 Å². The summed E-state index contributed by atoms with van der Waals surface area (Å²) in [5.74, 6) is 0.472. The Morgan fingerprint density at radius 1 is 1.23 bits per heavy atom. The Morgan fingerprint density at radius 3 is 2.90 bits per heavy atom. The summed E-state index contributed by atoms with van der Waals surface area (Å²) < 4.78 is 15.2. The Morgan fingerprint density at radius 2 is 2.07 bits per heavy atom. The molecule has 0 saturated carbocycles. The molecule has 3 aromatic heterocycles. The molecule has 6 nitrogen and oxygen atoms in total. The van der Waals surface area contributed by atoms with Gasteiger partial charge in [-0.2, -0.15) is 0 Å². The molecule has 1 N–H and O–H groups in total. The van der Waals surface area contributed by atoms with Crippen molar-refractivity contribution in [2.75, 3.05) is 18.0 Å². The predicted octanol–water partition coefficient (Wildman–Crippen LogP) is 3.91. The van der Waals surface area contributed by atoms with E-state index in [9.17, 15) is 9.18 Å². The first-order valence-electron chi connectivity index (χ1n) is 9.78. The summed E-state index contributed by atoms with van der Waals surface area (Å²) in [5.41, 5.74) is 3.48. The predicted molar refractivity (Wildman–Crippen MR) is 116 cm³/mol. The molecule has 0 aliphatic carbocycles. The smallest absolute Gasteiger partial charge is 0.271 e. The van der Waals surface area contributed by atoms with Crippen LogP contribution in [0.15, 0.2) is 54.3 Å². The van der Waals surface area contributed by atoms with Crippen molar-refractivity contribution in [2.24, 2.45) is 0 Å². The third-order valence-corrected chi connectivity index (χ3v) is 6.30. The standard InChI is InChI=1S/C22H20FN5OS/c1-14-6-9-27-11-8-24-20(19(14)27)28-10-7-17(12-28)25-21(29)18-13-30-22(26-18)15-2-4-16(23)5-3-15/h2-6,8-9,11,13,17H,7,10,12H2,1H3,(H,25,29)/t17-/m0/s1. The maximum Gasteiger partial charge on any atom is 0.271 e. The molecule has 1 fully saturated rings. The number of rotatable bonds is 4. The molecule has 1 aliphatic rings. The fourth-order valence-electron chi connectivity index (χ4n) is 3.87. The number of anilines is 1. The van der Waals surface area contributed by atoms with Crippen LogP contribution in [-0.4, -0.2) is 39.4 Å². The van der Waals surface area contributed by atoms with Crippen LogP contribution in [0.4, 0.5) is 10.2 Å². The van der Waals surface area contributed by atoms with Crippen molar-refractivity contribution in [3.05, 3.63) is 71.4 Å². The number of hydrogen-bond acceptors (Lipinski definition) is 5. The Bertz CT molecular complexity index is 1220. The van der Waals surface area contributed by atoms with E-state index in [2.05, 4.69) is 37.6 Å². The molecule has 0 spiro atoms. The van der Waals surface area contributed by atoms with Crippen molar-refractivity contribution >= 4 is 28.6 Å². The van der Waals surface area contributed by atoms with Crippen molar-refractivity contribution in [3.8, 4) is 10.6 Å². The van der Waals surface area contributed by atoms with Crippen molar-refractivity contribution in [1.82, 2.24) is 19.7 Å². The van der Waals surface area contributed by atoms with Gasteiger partial charge in [0.15, 0.2) is 5.82 Å². The minimum atomic E-state index is -0.292. The van der Waals surface area contributed by atoms with Crippen molar-refractivity contribution in [2.45, 2.75) is 19.4 Å². The molecule has 1 atom stereocenters. The highest BCUT2D eigenvalue weighted by atomic mass is 32.1. The highest BCUT2D eigenvalue weighted by Gasteiger charge is 2.27. The van der Waals surface area contributed by atoms with E-state index in [1.165, 1.54) is 29.0 Å². The minimum absolute atomic E-state index is 0.0331. The van der Waals surface area contributed by atoms with Crippen LogP contribution < -0.4 is 10.2 Å². The number of aromatic nitrogens is 3. The summed E-state index contributed by atoms with van der Waals surface area (Å²) in [4.78, 5) is 23.9. The van der Waals surface area contributed by atoms with Gasteiger partial charge in [0, 0.05) is 48.7 Å². The summed E-state index contributed by atoms with van der Waals surface area (Å²) in [7, 11) is 0. The van der Waals surface area contributed by atoms with Gasteiger partial charge in [0.25, 0.3) is 5.91 Å². The summed E-state index contributed by atoms with van der Waals surface area (Å²) in [5, 5.41) is 5.54. The molecule has 1 amide bonds. The van der Waals surface area contributed by atoms with E-state index in [1.54, 1.807) is 23.7 Å². The maximum absolute atomic E-state index is 13.1. The second-order valence-electron chi connectivity index (χ2n) is 7.46. The molecular weight excluding hydrogens is 401 g/mol. The summed E-state index contributed by atoms with van der Waals surface area (Å²) in [6.45, 7) is 3.62. The molecule has 8 heteroatoms. The van der Waals surface area contributed by atoms with Crippen molar-refractivity contribution < 1.29 is 9.18 Å². The molecule has 0 unspecified atom stereocenters. The van der Waals surface area contributed by atoms with Gasteiger partial charge < -0.3 is 14.6 Å². The number of nitrogens with zero attached hydrogens (tertiary/aromatic N) is 4. The van der Waals surface area contributed by atoms with Crippen LogP contribution in [0.25, 0.3) is 16.1 Å². The van der Waals surface area contributed by atoms with Gasteiger partial charge in [-0.25, -0.2) is 14.4 Å². The molecule has 1 aromatic carbocycles. The van der Waals surface area contributed by atoms with Gasteiger partial charge in [-0.15, -0.1) is 11.3 Å². The SMILES string of the molecule is Cc1ccn2ccnc(N3CC[C@H](NC(=O)c4csc(-c5ccc(F)cc5)n4)C3)c12. The van der Waals surface area contributed by atoms with Gasteiger partial charge in [-0.3, -0.25) is 4.79 Å². The Balaban J connectivity index is 1.27. The van der Waals surface area contributed by atoms with E-state index in [0.717, 1.165) is 29.9 Å². The quantitative estimate of drug-likeness (QED) is 0.543. The second kappa shape index (κ2) is 7.53. The largest absolute Gasteiger partial charge is 0.353 e. The topological polar surface area (TPSA) is 62.5 Å². The lowest BCUT2D eigenvalue weighted by molar-refractivity contribution is 0.0936. The fourth-order valence-corrected chi connectivity index (χ4v) is 4.67. The van der Waals surface area contributed by atoms with Gasteiger partial charge in [0.1, 0.15) is 16.5 Å². The highest BCUT2D eigenvalue weighted by molar-refractivity contribution is 7.13. The van der Waals surface area contributed by atoms with Crippen LogP contribution in [0, 0.1) is 12.7 Å². The van der Waals surface area contributed by atoms with E-state index < -0.39 is 0 Å². The highest BCUT2D eigenvalue weighted by Crippen LogP contribution is 2.27. The number of hydrogen-bond donors (Lipinski definition) is 1. The molecule has 1 aliphatic heterocycles. The molecule has 1 saturated heterocycles. The van der Waals surface area contributed by atoms with E-state index >= 15 is 0 Å². The molecule has 0 bridgehead atoms. The number of benzene rings is 1. The number of amides is 1. The number of carbonyl (C=O) groups excluding carboxylic acids is 1. The molecule has 0 radical (unpaired) electrons. The normalized spacial score (nSPS) is 16.3. The molecule has 152 valence electrons. The van der Waals surface area contributed by atoms with Gasteiger partial charge in [-0.05, 0) is 49.2 Å². The van der Waals surface area contributed by atoms with Crippen LogP contribution in [0.5, 0.6) is 0 Å². The fraction of sp³-hybridized carbons (Fsp3) is 0.227. The third-order valence-electron chi connectivity index (χ3n) is 5.40. The molecule has 4 aromatic rings. The average Bonchev–Trinajstić information content (AvgIpc) is 3.49. The van der Waals surface area contributed by atoms with E-state index in [0.29, 0.717) is 17.2 Å². The number of fused-ring (bicyclic) bond motifs is 1. The zero-order chi connectivity index (χ0) is 20.7. The monoisotopic (exact) mass is 421 g/mol. The summed E-state index contributed by atoms with van der Waals surface area (Å²) >= 11 is 1.38. The Hall–Kier alpha value is -3.26. The van der Waals surface area contributed by atoms with E-state index in [1.807, 2.05) is 12.4 Å². The van der Waals surface area contributed by atoms with Crippen molar-refractivity contribution in [3.63, 3.8) is 0 Å². The van der Waals surface area contributed by atoms with E-state index in [-0.39, 0.29) is 17.8 Å². The Kier molecular flexibility index (Phi) is 4.71. The van der Waals surface area contributed by atoms with Crippen LogP contribution in [0.2, 0.25) is 0 Å². The number of nitrogens with one attached hydrogen (secondary N) is 1. The summed E-state index contributed by atoms with van der Waals surface area (Å²) in [6, 6.07) is 8.24. The third kappa shape index (κ3) is 3.43. The number of carbonyl (C=O) groups is 1. The average molecular weight is 422 g/mol. The summed E-state index contributed by atoms with van der Waals surface area (Å²) in [6.07, 6.45) is 6.64. The molecule has 30 heavy (non-hydrogen) atoms. The van der Waals surface area contributed by atoms with E-state index in [4.69, 9.17) is 0 Å². The lowest BCUT2D eigenvalue weighted by Gasteiger charge is -2.19.